The van der Waals surface area contributed by atoms with Crippen LogP contribution in [0.5, 0.6) is 0 Å². The number of amides is 2. The van der Waals surface area contributed by atoms with Crippen LogP contribution in [0.4, 0.5) is 0 Å². The lowest BCUT2D eigenvalue weighted by molar-refractivity contribution is -0.151. The van der Waals surface area contributed by atoms with Crippen LogP contribution in [-0.2, 0) is 20.7 Å². The van der Waals surface area contributed by atoms with Crippen molar-refractivity contribution in [3.05, 3.63) is 71.3 Å². The van der Waals surface area contributed by atoms with Crippen molar-refractivity contribution in [2.45, 2.75) is 45.2 Å². The van der Waals surface area contributed by atoms with Gasteiger partial charge in [-0.2, -0.15) is 0 Å². The monoisotopic (exact) mass is 408 g/mol. The van der Waals surface area contributed by atoms with Gasteiger partial charge in [0.2, 0.25) is 0 Å². The zero-order chi connectivity index (χ0) is 21.5. The predicted molar refractivity (Wildman–Crippen MR) is 114 cm³/mol. The molecule has 2 aromatic rings. The molecule has 0 bridgehead atoms. The lowest BCUT2D eigenvalue weighted by atomic mass is 9.88. The largest absolute Gasteiger partial charge is 0.454 e. The molecule has 0 aliphatic heterocycles. The molecular formula is C24H28N2O4. The standard InChI is InChI=1S/C24H28N2O4/c1-16(2)22(26-23(28)18-10-4-3-5-11-18)24(29)30-15-21(27)25-20-14-8-12-17-9-6-7-13-19(17)20/h3-7,9-11,13,16,20,22H,8,12,14-15H2,1-2H3,(H,25,27)(H,26,28)/t20-,22+/m1/s1. The Hall–Kier alpha value is -3.15. The molecule has 0 spiro atoms. The van der Waals surface area contributed by atoms with Gasteiger partial charge in [0, 0.05) is 5.56 Å². The van der Waals surface area contributed by atoms with Gasteiger partial charge in [0.15, 0.2) is 6.61 Å². The van der Waals surface area contributed by atoms with Crippen LogP contribution in [-0.4, -0.2) is 30.4 Å². The normalized spacial score (nSPS) is 16.3. The van der Waals surface area contributed by atoms with E-state index < -0.39 is 12.0 Å². The van der Waals surface area contributed by atoms with E-state index in [1.54, 1.807) is 24.3 Å². The minimum absolute atomic E-state index is 0.0696. The van der Waals surface area contributed by atoms with E-state index in [0.29, 0.717) is 5.56 Å². The topological polar surface area (TPSA) is 84.5 Å². The van der Waals surface area contributed by atoms with Crippen LogP contribution in [0, 0.1) is 5.92 Å². The van der Waals surface area contributed by atoms with Crippen LogP contribution in [0.3, 0.4) is 0 Å². The van der Waals surface area contributed by atoms with Crippen LogP contribution in [0.1, 0.15) is 54.2 Å². The van der Waals surface area contributed by atoms with Crippen molar-refractivity contribution in [3.63, 3.8) is 0 Å². The molecule has 6 heteroatoms. The summed E-state index contributed by atoms with van der Waals surface area (Å²) in [5, 5.41) is 5.67. The zero-order valence-corrected chi connectivity index (χ0v) is 17.4. The SMILES string of the molecule is CC(C)[C@H](NC(=O)c1ccccc1)C(=O)OCC(=O)N[C@@H]1CCCc2ccccc21. The van der Waals surface area contributed by atoms with E-state index in [9.17, 15) is 14.4 Å². The van der Waals surface area contributed by atoms with Gasteiger partial charge in [-0.25, -0.2) is 4.79 Å². The summed E-state index contributed by atoms with van der Waals surface area (Å²) in [6, 6.07) is 15.8. The lowest BCUT2D eigenvalue weighted by Gasteiger charge is -2.26. The molecule has 0 aromatic heterocycles. The van der Waals surface area contributed by atoms with E-state index in [1.165, 1.54) is 5.56 Å². The van der Waals surface area contributed by atoms with E-state index in [1.807, 2.05) is 38.1 Å². The van der Waals surface area contributed by atoms with Crippen molar-refractivity contribution in [2.75, 3.05) is 6.61 Å². The van der Waals surface area contributed by atoms with Gasteiger partial charge in [0.25, 0.3) is 11.8 Å². The summed E-state index contributed by atoms with van der Waals surface area (Å²) in [5.74, 6) is -1.50. The number of carbonyl (C=O) groups excluding carboxylic acids is 3. The molecule has 0 unspecified atom stereocenters. The number of esters is 1. The Bertz CT molecular complexity index is 895. The molecule has 6 nitrogen and oxygen atoms in total. The summed E-state index contributed by atoms with van der Waals surface area (Å²) in [4.78, 5) is 37.3. The second-order valence-electron chi connectivity index (χ2n) is 7.88. The first-order valence-electron chi connectivity index (χ1n) is 10.4. The molecule has 30 heavy (non-hydrogen) atoms. The smallest absolute Gasteiger partial charge is 0.329 e. The third-order valence-corrected chi connectivity index (χ3v) is 5.29. The maximum atomic E-state index is 12.5. The Kier molecular flexibility index (Phi) is 7.22. The number of hydrogen-bond donors (Lipinski definition) is 2. The highest BCUT2D eigenvalue weighted by Gasteiger charge is 2.27. The number of carbonyl (C=O) groups is 3. The van der Waals surface area contributed by atoms with E-state index >= 15 is 0 Å². The summed E-state index contributed by atoms with van der Waals surface area (Å²) in [7, 11) is 0. The molecule has 0 fully saturated rings. The van der Waals surface area contributed by atoms with Crippen molar-refractivity contribution in [3.8, 4) is 0 Å². The van der Waals surface area contributed by atoms with Crippen LogP contribution < -0.4 is 10.6 Å². The first-order valence-corrected chi connectivity index (χ1v) is 10.4. The Balaban J connectivity index is 1.54. The average Bonchev–Trinajstić information content (AvgIpc) is 2.76. The number of ether oxygens (including phenoxy) is 1. The fraction of sp³-hybridized carbons (Fsp3) is 0.375. The third kappa shape index (κ3) is 5.47. The maximum Gasteiger partial charge on any atom is 0.329 e. The molecule has 2 N–H and O–H groups in total. The summed E-state index contributed by atoms with van der Waals surface area (Å²) in [5.41, 5.74) is 2.83. The number of nitrogens with one attached hydrogen (secondary N) is 2. The molecule has 2 aromatic carbocycles. The second-order valence-corrected chi connectivity index (χ2v) is 7.88. The summed E-state index contributed by atoms with van der Waals surface area (Å²) >= 11 is 0. The summed E-state index contributed by atoms with van der Waals surface area (Å²) in [6.07, 6.45) is 2.87. The minimum Gasteiger partial charge on any atom is -0.454 e. The molecule has 0 radical (unpaired) electrons. The van der Waals surface area contributed by atoms with Crippen molar-refractivity contribution < 1.29 is 19.1 Å². The van der Waals surface area contributed by atoms with Crippen molar-refractivity contribution in [2.24, 2.45) is 5.92 Å². The maximum absolute atomic E-state index is 12.5. The Labute approximate surface area is 177 Å². The predicted octanol–water partition coefficient (Wildman–Crippen LogP) is 3.18. The molecule has 1 aliphatic carbocycles. The van der Waals surface area contributed by atoms with Gasteiger partial charge < -0.3 is 15.4 Å². The lowest BCUT2D eigenvalue weighted by Crippen LogP contribution is -2.46. The molecule has 158 valence electrons. The third-order valence-electron chi connectivity index (χ3n) is 5.29. The second kappa shape index (κ2) is 10.1. The first-order chi connectivity index (χ1) is 14.5. The summed E-state index contributed by atoms with van der Waals surface area (Å²) in [6.45, 7) is 3.26. The molecule has 2 amide bonds. The first kappa shape index (κ1) is 21.6. The highest BCUT2D eigenvalue weighted by molar-refractivity contribution is 5.97. The number of rotatable bonds is 7. The Morgan fingerprint density at radius 3 is 2.47 bits per heavy atom. The van der Waals surface area contributed by atoms with Crippen LogP contribution in [0.25, 0.3) is 0 Å². The van der Waals surface area contributed by atoms with E-state index in [2.05, 4.69) is 16.7 Å². The minimum atomic E-state index is -0.832. The van der Waals surface area contributed by atoms with Gasteiger partial charge in [0.1, 0.15) is 6.04 Å². The molecule has 0 heterocycles. The van der Waals surface area contributed by atoms with E-state index in [-0.39, 0.29) is 30.4 Å². The van der Waals surface area contributed by atoms with Crippen LogP contribution >= 0.6 is 0 Å². The number of benzene rings is 2. The van der Waals surface area contributed by atoms with Crippen molar-refractivity contribution >= 4 is 17.8 Å². The van der Waals surface area contributed by atoms with Crippen LogP contribution in [0.2, 0.25) is 0 Å². The molecule has 0 saturated carbocycles. The number of hydrogen-bond acceptors (Lipinski definition) is 4. The van der Waals surface area contributed by atoms with E-state index in [0.717, 1.165) is 24.8 Å². The quantitative estimate of drug-likeness (QED) is 0.689. The highest BCUT2D eigenvalue weighted by Crippen LogP contribution is 2.29. The Morgan fingerprint density at radius 2 is 1.73 bits per heavy atom. The molecular weight excluding hydrogens is 380 g/mol. The molecule has 0 saturated heterocycles. The highest BCUT2D eigenvalue weighted by atomic mass is 16.5. The zero-order valence-electron chi connectivity index (χ0n) is 17.4. The van der Waals surface area contributed by atoms with Gasteiger partial charge in [-0.3, -0.25) is 9.59 Å². The van der Waals surface area contributed by atoms with Gasteiger partial charge in [0.05, 0.1) is 6.04 Å². The van der Waals surface area contributed by atoms with Crippen molar-refractivity contribution in [1.82, 2.24) is 10.6 Å². The summed E-state index contributed by atoms with van der Waals surface area (Å²) < 4.78 is 5.23. The fourth-order valence-corrected chi connectivity index (χ4v) is 3.68. The number of aryl methyl sites for hydroxylation is 1. The molecule has 3 rings (SSSR count). The van der Waals surface area contributed by atoms with Gasteiger partial charge in [-0.1, -0.05) is 56.3 Å². The number of fused-ring (bicyclic) bond motifs is 1. The van der Waals surface area contributed by atoms with Gasteiger partial charge in [-0.15, -0.1) is 0 Å². The Morgan fingerprint density at radius 1 is 1.03 bits per heavy atom. The molecule has 1 aliphatic rings. The van der Waals surface area contributed by atoms with Crippen LogP contribution in [0.15, 0.2) is 54.6 Å². The molecule has 2 atom stereocenters. The van der Waals surface area contributed by atoms with E-state index in [4.69, 9.17) is 4.74 Å². The average molecular weight is 408 g/mol. The fourth-order valence-electron chi connectivity index (χ4n) is 3.68. The van der Waals surface area contributed by atoms with Gasteiger partial charge in [-0.05, 0) is 48.4 Å². The van der Waals surface area contributed by atoms with Gasteiger partial charge >= 0.3 is 5.97 Å². The van der Waals surface area contributed by atoms with Crippen molar-refractivity contribution in [1.29, 1.82) is 0 Å².